The molecule has 0 saturated heterocycles. The van der Waals surface area contributed by atoms with Crippen LogP contribution in [0.2, 0.25) is 0 Å². The zero-order valence-electron chi connectivity index (χ0n) is 13.9. The number of aromatic nitrogens is 5. The van der Waals surface area contributed by atoms with Crippen LogP contribution in [0.15, 0.2) is 22.6 Å². The maximum Gasteiger partial charge on any atom is 0.274 e. The third kappa shape index (κ3) is 2.45. The van der Waals surface area contributed by atoms with Crippen molar-refractivity contribution >= 4 is 5.91 Å². The minimum atomic E-state index is -0.104. The van der Waals surface area contributed by atoms with Crippen molar-refractivity contribution in [2.45, 2.75) is 38.8 Å². The number of rotatable bonds is 3. The molecule has 1 aliphatic heterocycles. The van der Waals surface area contributed by atoms with Crippen molar-refractivity contribution in [3.05, 3.63) is 41.3 Å². The second-order valence-corrected chi connectivity index (χ2v) is 6.70. The molecule has 1 amide bonds. The van der Waals surface area contributed by atoms with E-state index in [0.29, 0.717) is 36.2 Å². The highest BCUT2D eigenvalue weighted by molar-refractivity contribution is 5.93. The smallest absolute Gasteiger partial charge is 0.274 e. The van der Waals surface area contributed by atoms with Crippen LogP contribution in [0, 0.1) is 6.92 Å². The van der Waals surface area contributed by atoms with Gasteiger partial charge in [0.2, 0.25) is 0 Å². The lowest BCUT2D eigenvalue weighted by atomic mass is 10.2. The predicted octanol–water partition coefficient (Wildman–Crippen LogP) is 2.10. The van der Waals surface area contributed by atoms with Gasteiger partial charge in [0.15, 0.2) is 17.3 Å². The number of amides is 1. The van der Waals surface area contributed by atoms with Crippen LogP contribution in [0.3, 0.4) is 0 Å². The van der Waals surface area contributed by atoms with E-state index in [0.717, 1.165) is 24.0 Å². The van der Waals surface area contributed by atoms with Crippen LogP contribution in [-0.4, -0.2) is 42.3 Å². The van der Waals surface area contributed by atoms with Gasteiger partial charge in [0.05, 0.1) is 6.54 Å². The van der Waals surface area contributed by atoms with Crippen molar-refractivity contribution in [2.24, 2.45) is 0 Å². The fourth-order valence-electron chi connectivity index (χ4n) is 3.30. The van der Waals surface area contributed by atoms with Crippen molar-refractivity contribution in [3.8, 4) is 11.5 Å². The Labute approximate surface area is 143 Å². The lowest BCUT2D eigenvalue weighted by molar-refractivity contribution is 0.0700. The summed E-state index contributed by atoms with van der Waals surface area (Å²) in [4.78, 5) is 14.5. The van der Waals surface area contributed by atoms with Crippen LogP contribution in [0.25, 0.3) is 11.5 Å². The van der Waals surface area contributed by atoms with Crippen LogP contribution in [-0.2, 0) is 13.1 Å². The molecule has 1 N–H and O–H groups in total. The van der Waals surface area contributed by atoms with Gasteiger partial charge in [-0.3, -0.25) is 9.89 Å². The molecule has 128 valence electrons. The number of hydrogen-bond donors (Lipinski definition) is 1. The zero-order valence-corrected chi connectivity index (χ0v) is 13.9. The lowest BCUT2D eigenvalue weighted by Crippen LogP contribution is -2.39. The molecule has 3 aromatic rings. The fraction of sp³-hybridized carbons (Fsp3) is 0.412. The van der Waals surface area contributed by atoms with Gasteiger partial charge >= 0.3 is 0 Å². The first-order valence-electron chi connectivity index (χ1n) is 8.52. The Kier molecular flexibility index (Phi) is 3.06. The monoisotopic (exact) mass is 338 g/mol. The number of furan rings is 1. The number of H-pyrrole nitrogens is 1. The molecule has 0 radical (unpaired) electrons. The molecule has 0 bridgehead atoms. The van der Waals surface area contributed by atoms with Gasteiger partial charge in [-0.1, -0.05) is 0 Å². The van der Waals surface area contributed by atoms with Crippen molar-refractivity contribution in [3.63, 3.8) is 0 Å². The van der Waals surface area contributed by atoms with E-state index >= 15 is 0 Å². The molecule has 8 heteroatoms. The van der Waals surface area contributed by atoms with E-state index in [1.54, 1.807) is 11.0 Å². The SMILES string of the molecule is Cc1ccc(-c2cc(C(=O)N3CCn4c(nnc4C4CC4)C3)n[nH]2)o1. The van der Waals surface area contributed by atoms with Gasteiger partial charge in [0, 0.05) is 25.1 Å². The summed E-state index contributed by atoms with van der Waals surface area (Å²) in [6, 6.07) is 5.47. The van der Waals surface area contributed by atoms with Gasteiger partial charge in [-0.25, -0.2) is 0 Å². The van der Waals surface area contributed by atoms with E-state index in [1.807, 2.05) is 19.1 Å². The van der Waals surface area contributed by atoms with E-state index in [2.05, 4.69) is 25.0 Å². The highest BCUT2D eigenvalue weighted by Gasteiger charge is 2.33. The summed E-state index contributed by atoms with van der Waals surface area (Å²) in [7, 11) is 0. The maximum absolute atomic E-state index is 12.8. The number of nitrogens with zero attached hydrogens (tertiary/aromatic N) is 5. The van der Waals surface area contributed by atoms with Crippen LogP contribution in [0.1, 0.15) is 46.7 Å². The minimum absolute atomic E-state index is 0.104. The summed E-state index contributed by atoms with van der Waals surface area (Å²) in [5.41, 5.74) is 1.09. The number of carbonyl (C=O) groups excluding carboxylic acids is 1. The van der Waals surface area contributed by atoms with Crippen molar-refractivity contribution in [2.75, 3.05) is 6.54 Å². The van der Waals surface area contributed by atoms with Crippen molar-refractivity contribution in [1.82, 2.24) is 29.9 Å². The Morgan fingerprint density at radius 3 is 2.92 bits per heavy atom. The number of hydrogen-bond acceptors (Lipinski definition) is 5. The van der Waals surface area contributed by atoms with E-state index in [4.69, 9.17) is 4.42 Å². The molecule has 0 spiro atoms. The molecule has 4 heterocycles. The van der Waals surface area contributed by atoms with E-state index in [9.17, 15) is 4.79 Å². The lowest BCUT2D eigenvalue weighted by Gasteiger charge is -2.27. The van der Waals surface area contributed by atoms with Crippen LogP contribution < -0.4 is 0 Å². The highest BCUT2D eigenvalue weighted by Crippen LogP contribution is 2.39. The van der Waals surface area contributed by atoms with Crippen LogP contribution in [0.4, 0.5) is 0 Å². The second kappa shape index (κ2) is 5.30. The average molecular weight is 338 g/mol. The summed E-state index contributed by atoms with van der Waals surface area (Å²) in [6.45, 7) is 3.74. The van der Waals surface area contributed by atoms with Gasteiger partial charge in [-0.15, -0.1) is 10.2 Å². The number of aromatic amines is 1. The molecule has 1 saturated carbocycles. The molecule has 1 aliphatic carbocycles. The Morgan fingerprint density at radius 2 is 2.16 bits per heavy atom. The molecular weight excluding hydrogens is 320 g/mol. The molecule has 2 aliphatic rings. The van der Waals surface area contributed by atoms with Crippen molar-refractivity contribution in [1.29, 1.82) is 0 Å². The van der Waals surface area contributed by atoms with Crippen LogP contribution >= 0.6 is 0 Å². The van der Waals surface area contributed by atoms with Gasteiger partial charge in [0.1, 0.15) is 17.3 Å². The molecule has 0 unspecified atom stereocenters. The first-order valence-corrected chi connectivity index (χ1v) is 8.52. The maximum atomic E-state index is 12.8. The standard InChI is InChI=1S/C17H18N6O2/c1-10-2-5-14(25-10)12-8-13(19-18-12)17(24)22-6-7-23-15(9-22)20-21-16(23)11-3-4-11/h2,5,8,11H,3-4,6-7,9H2,1H3,(H,18,19). The zero-order chi connectivity index (χ0) is 17.0. The third-order valence-electron chi connectivity index (χ3n) is 4.81. The molecule has 8 nitrogen and oxygen atoms in total. The van der Waals surface area contributed by atoms with E-state index < -0.39 is 0 Å². The Hall–Kier alpha value is -2.90. The van der Waals surface area contributed by atoms with E-state index in [-0.39, 0.29) is 5.91 Å². The predicted molar refractivity (Wildman–Crippen MR) is 87.8 cm³/mol. The molecular formula is C17H18N6O2. The first-order chi connectivity index (χ1) is 12.2. The van der Waals surface area contributed by atoms with Crippen molar-refractivity contribution < 1.29 is 9.21 Å². The topological polar surface area (TPSA) is 92.8 Å². The summed E-state index contributed by atoms with van der Waals surface area (Å²) < 4.78 is 7.74. The Bertz CT molecular complexity index is 948. The number of aryl methyl sites for hydroxylation is 1. The molecule has 0 aromatic carbocycles. The minimum Gasteiger partial charge on any atom is -0.460 e. The van der Waals surface area contributed by atoms with E-state index in [1.165, 1.54) is 12.8 Å². The molecule has 3 aromatic heterocycles. The Morgan fingerprint density at radius 1 is 1.28 bits per heavy atom. The third-order valence-corrected chi connectivity index (χ3v) is 4.81. The molecule has 0 atom stereocenters. The first kappa shape index (κ1) is 14.4. The number of fused-ring (bicyclic) bond motifs is 1. The van der Waals surface area contributed by atoms with Gasteiger partial charge in [-0.2, -0.15) is 5.10 Å². The average Bonchev–Trinajstić information content (AvgIpc) is 3.02. The summed E-state index contributed by atoms with van der Waals surface area (Å²) in [5, 5.41) is 15.6. The fourth-order valence-corrected chi connectivity index (χ4v) is 3.30. The molecule has 25 heavy (non-hydrogen) atoms. The van der Waals surface area contributed by atoms with Gasteiger partial charge in [-0.05, 0) is 31.9 Å². The molecule has 1 fully saturated rings. The summed E-state index contributed by atoms with van der Waals surface area (Å²) in [6.07, 6.45) is 2.39. The normalized spacial score (nSPS) is 16.9. The summed E-state index contributed by atoms with van der Waals surface area (Å²) in [5.74, 6) is 3.90. The second-order valence-electron chi connectivity index (χ2n) is 6.70. The number of nitrogens with one attached hydrogen (secondary N) is 1. The van der Waals surface area contributed by atoms with Gasteiger partial charge in [0.25, 0.3) is 5.91 Å². The molecule has 5 rings (SSSR count). The summed E-state index contributed by atoms with van der Waals surface area (Å²) >= 11 is 0. The highest BCUT2D eigenvalue weighted by atomic mass is 16.3. The largest absolute Gasteiger partial charge is 0.460 e. The van der Waals surface area contributed by atoms with Crippen LogP contribution in [0.5, 0.6) is 0 Å². The quantitative estimate of drug-likeness (QED) is 0.789. The van der Waals surface area contributed by atoms with Gasteiger partial charge < -0.3 is 13.9 Å². The Balaban J connectivity index is 1.35. The number of carbonyl (C=O) groups is 1.